The van der Waals surface area contributed by atoms with Crippen LogP contribution in [0.3, 0.4) is 0 Å². The first kappa shape index (κ1) is 12.5. The van der Waals surface area contributed by atoms with Crippen molar-refractivity contribution in [3.63, 3.8) is 0 Å². The maximum Gasteiger partial charge on any atom is 0.194 e. The molecule has 0 aliphatic heterocycles. The molecule has 2 rings (SSSR count). The fourth-order valence-electron chi connectivity index (χ4n) is 1.75. The molecule has 1 aromatic carbocycles. The summed E-state index contributed by atoms with van der Waals surface area (Å²) in [6.07, 6.45) is 0. The Balaban J connectivity index is 2.44. The topological polar surface area (TPSA) is 17.1 Å². The number of rotatable bonds is 2. The fraction of sp³-hybridized carbons (Fsp3) is 0.214. The van der Waals surface area contributed by atoms with Gasteiger partial charge in [-0.05, 0) is 38.5 Å². The highest BCUT2D eigenvalue weighted by molar-refractivity contribution is 9.10. The molecule has 0 saturated heterocycles. The van der Waals surface area contributed by atoms with E-state index in [0.29, 0.717) is 0 Å². The van der Waals surface area contributed by atoms with E-state index in [2.05, 4.69) is 15.9 Å². The van der Waals surface area contributed by atoms with Crippen LogP contribution in [0.15, 0.2) is 28.7 Å². The summed E-state index contributed by atoms with van der Waals surface area (Å²) < 4.78 is 0.980. The molecule has 0 unspecified atom stereocenters. The van der Waals surface area contributed by atoms with Gasteiger partial charge in [-0.15, -0.1) is 11.3 Å². The van der Waals surface area contributed by atoms with Crippen molar-refractivity contribution in [2.24, 2.45) is 0 Å². The molecule has 0 amide bonds. The molecule has 3 heteroatoms. The van der Waals surface area contributed by atoms with Gasteiger partial charge < -0.3 is 0 Å². The predicted molar refractivity (Wildman–Crippen MR) is 76.1 cm³/mol. The van der Waals surface area contributed by atoms with Crippen LogP contribution < -0.4 is 0 Å². The summed E-state index contributed by atoms with van der Waals surface area (Å²) in [6.45, 7) is 6.03. The van der Waals surface area contributed by atoms with Gasteiger partial charge in [0.25, 0.3) is 0 Å². The lowest BCUT2D eigenvalue weighted by Gasteiger charge is -2.03. The standard InChI is InChI=1S/C14H13BrOS/c1-8-4-5-11(7-13(8)15)14(16)12-6-9(2)17-10(12)3/h4-7H,1-3H3. The highest BCUT2D eigenvalue weighted by atomic mass is 79.9. The van der Waals surface area contributed by atoms with E-state index < -0.39 is 0 Å². The Bertz CT molecular complexity index is 584. The van der Waals surface area contributed by atoms with Crippen LogP contribution in [-0.4, -0.2) is 5.78 Å². The van der Waals surface area contributed by atoms with Gasteiger partial charge in [-0.2, -0.15) is 0 Å². The van der Waals surface area contributed by atoms with Gasteiger partial charge in [-0.25, -0.2) is 0 Å². The molecule has 0 fully saturated rings. The quantitative estimate of drug-likeness (QED) is 0.737. The van der Waals surface area contributed by atoms with E-state index >= 15 is 0 Å². The van der Waals surface area contributed by atoms with Crippen molar-refractivity contribution in [3.05, 3.63) is 55.2 Å². The fourth-order valence-corrected chi connectivity index (χ4v) is 3.05. The second-order valence-corrected chi connectivity index (χ2v) is 6.43. The van der Waals surface area contributed by atoms with Crippen LogP contribution in [0.2, 0.25) is 0 Å². The Hall–Kier alpha value is -0.930. The summed E-state index contributed by atoms with van der Waals surface area (Å²) in [4.78, 5) is 14.6. The van der Waals surface area contributed by atoms with Crippen molar-refractivity contribution < 1.29 is 4.79 Å². The molecule has 0 N–H and O–H groups in total. The van der Waals surface area contributed by atoms with Crippen molar-refractivity contribution >= 4 is 33.0 Å². The van der Waals surface area contributed by atoms with E-state index in [-0.39, 0.29) is 5.78 Å². The second-order valence-electron chi connectivity index (χ2n) is 4.12. The zero-order chi connectivity index (χ0) is 12.6. The maximum atomic E-state index is 12.3. The van der Waals surface area contributed by atoms with E-state index in [9.17, 15) is 4.79 Å². The highest BCUT2D eigenvalue weighted by Crippen LogP contribution is 2.25. The Morgan fingerprint density at radius 2 is 1.88 bits per heavy atom. The average Bonchev–Trinajstić information content (AvgIpc) is 2.61. The molecule has 0 saturated carbocycles. The number of carbonyl (C=O) groups excluding carboxylic acids is 1. The minimum absolute atomic E-state index is 0.104. The van der Waals surface area contributed by atoms with Crippen LogP contribution in [-0.2, 0) is 0 Å². The van der Waals surface area contributed by atoms with Crippen LogP contribution in [0.1, 0.15) is 31.2 Å². The number of ketones is 1. The Morgan fingerprint density at radius 3 is 2.41 bits per heavy atom. The first-order valence-electron chi connectivity index (χ1n) is 5.37. The Morgan fingerprint density at radius 1 is 1.18 bits per heavy atom. The van der Waals surface area contributed by atoms with Gasteiger partial charge >= 0.3 is 0 Å². The molecule has 88 valence electrons. The largest absolute Gasteiger partial charge is 0.289 e. The van der Waals surface area contributed by atoms with Gasteiger partial charge in [0.15, 0.2) is 5.78 Å². The van der Waals surface area contributed by atoms with Crippen molar-refractivity contribution in [3.8, 4) is 0 Å². The van der Waals surface area contributed by atoms with Crippen LogP contribution in [0, 0.1) is 20.8 Å². The highest BCUT2D eigenvalue weighted by Gasteiger charge is 2.14. The molecule has 1 aromatic heterocycles. The number of benzene rings is 1. The van der Waals surface area contributed by atoms with Gasteiger partial charge in [-0.3, -0.25) is 4.79 Å². The van der Waals surface area contributed by atoms with Crippen LogP contribution >= 0.6 is 27.3 Å². The van der Waals surface area contributed by atoms with Gasteiger partial charge in [0.2, 0.25) is 0 Å². The minimum atomic E-state index is 0.104. The molecular formula is C14H13BrOS. The summed E-state index contributed by atoms with van der Waals surface area (Å²) in [5, 5.41) is 0. The molecule has 17 heavy (non-hydrogen) atoms. The lowest BCUT2D eigenvalue weighted by atomic mass is 10.0. The normalized spacial score (nSPS) is 10.6. The van der Waals surface area contributed by atoms with E-state index in [0.717, 1.165) is 26.0 Å². The lowest BCUT2D eigenvalue weighted by Crippen LogP contribution is -2.01. The van der Waals surface area contributed by atoms with Crippen molar-refractivity contribution in [1.82, 2.24) is 0 Å². The predicted octanol–water partition coefficient (Wildman–Crippen LogP) is 4.67. The number of carbonyl (C=O) groups is 1. The number of thiophene rings is 1. The van der Waals surface area contributed by atoms with E-state index in [1.54, 1.807) is 11.3 Å². The molecule has 2 aromatic rings. The summed E-state index contributed by atoms with van der Waals surface area (Å²) >= 11 is 5.13. The molecule has 1 nitrogen and oxygen atoms in total. The summed E-state index contributed by atoms with van der Waals surface area (Å²) in [5.41, 5.74) is 2.70. The van der Waals surface area contributed by atoms with E-state index in [1.165, 1.54) is 4.88 Å². The van der Waals surface area contributed by atoms with Crippen molar-refractivity contribution in [1.29, 1.82) is 0 Å². The third kappa shape index (κ3) is 2.50. The van der Waals surface area contributed by atoms with Gasteiger partial charge in [0.1, 0.15) is 0 Å². The Kier molecular flexibility index (Phi) is 3.50. The third-order valence-corrected chi connectivity index (χ3v) is 4.54. The minimum Gasteiger partial charge on any atom is -0.289 e. The van der Waals surface area contributed by atoms with E-state index in [4.69, 9.17) is 0 Å². The summed E-state index contributed by atoms with van der Waals surface area (Å²) in [5.74, 6) is 0.104. The zero-order valence-electron chi connectivity index (χ0n) is 10.0. The monoisotopic (exact) mass is 308 g/mol. The SMILES string of the molecule is Cc1cc(C(=O)c2ccc(C)c(Br)c2)c(C)s1. The molecule has 1 heterocycles. The molecular weight excluding hydrogens is 296 g/mol. The number of halogens is 1. The maximum absolute atomic E-state index is 12.3. The van der Waals surface area contributed by atoms with E-state index in [1.807, 2.05) is 45.0 Å². The smallest absolute Gasteiger partial charge is 0.194 e. The molecule has 0 aliphatic carbocycles. The zero-order valence-corrected chi connectivity index (χ0v) is 12.4. The average molecular weight is 309 g/mol. The molecule has 0 spiro atoms. The Labute approximate surface area is 114 Å². The molecule has 0 bridgehead atoms. The van der Waals surface area contributed by atoms with Gasteiger partial charge in [0, 0.05) is 25.4 Å². The third-order valence-electron chi connectivity index (χ3n) is 2.72. The molecule has 0 radical (unpaired) electrons. The van der Waals surface area contributed by atoms with Crippen LogP contribution in [0.25, 0.3) is 0 Å². The second kappa shape index (κ2) is 4.75. The summed E-state index contributed by atoms with van der Waals surface area (Å²) in [7, 11) is 0. The number of hydrogen-bond donors (Lipinski definition) is 0. The first-order chi connectivity index (χ1) is 7.99. The van der Waals surface area contributed by atoms with Gasteiger partial charge in [0.05, 0.1) is 0 Å². The number of aryl methyl sites for hydroxylation is 3. The lowest BCUT2D eigenvalue weighted by molar-refractivity contribution is 0.103. The number of hydrogen-bond acceptors (Lipinski definition) is 2. The molecule has 0 aliphatic rings. The molecule has 0 atom stereocenters. The first-order valence-corrected chi connectivity index (χ1v) is 6.98. The van der Waals surface area contributed by atoms with Crippen LogP contribution in [0.4, 0.5) is 0 Å². The van der Waals surface area contributed by atoms with Crippen LogP contribution in [0.5, 0.6) is 0 Å². The van der Waals surface area contributed by atoms with Gasteiger partial charge in [-0.1, -0.05) is 28.1 Å². The summed E-state index contributed by atoms with van der Waals surface area (Å²) in [6, 6.07) is 7.71. The van der Waals surface area contributed by atoms with Crippen molar-refractivity contribution in [2.75, 3.05) is 0 Å². The van der Waals surface area contributed by atoms with Crippen molar-refractivity contribution in [2.45, 2.75) is 20.8 Å².